The van der Waals surface area contributed by atoms with Crippen LogP contribution in [0.3, 0.4) is 0 Å². The number of carbonyl (C=O) groups is 1. The zero-order valence-electron chi connectivity index (χ0n) is 17.0. The van der Waals surface area contributed by atoms with Crippen LogP contribution in [0.1, 0.15) is 53.9 Å². The quantitative estimate of drug-likeness (QED) is 0.437. The summed E-state index contributed by atoms with van der Waals surface area (Å²) >= 11 is 0. The number of aromatic nitrogens is 2. The predicted molar refractivity (Wildman–Crippen MR) is 110 cm³/mol. The fraction of sp³-hybridized carbons (Fsp3) is 0.455. The van der Waals surface area contributed by atoms with Crippen molar-refractivity contribution in [1.29, 1.82) is 0 Å². The second-order valence-corrected chi connectivity index (χ2v) is 7.39. The predicted octanol–water partition coefficient (Wildman–Crippen LogP) is 3.42. The molecular weight excluding hydrogens is 352 g/mol. The van der Waals surface area contributed by atoms with E-state index in [1.165, 1.54) is 35.7 Å². The van der Waals surface area contributed by atoms with Crippen LogP contribution in [0.2, 0.25) is 0 Å². The van der Waals surface area contributed by atoms with Crippen LogP contribution in [0, 0.1) is 13.8 Å². The van der Waals surface area contributed by atoms with Gasteiger partial charge in [-0.25, -0.2) is 5.48 Å². The van der Waals surface area contributed by atoms with Gasteiger partial charge in [-0.05, 0) is 69.3 Å². The smallest absolute Gasteiger partial charge is 0.267 e. The summed E-state index contributed by atoms with van der Waals surface area (Å²) in [6.45, 7) is 9.50. The molecule has 1 aliphatic heterocycles. The second-order valence-electron chi connectivity index (χ2n) is 7.39. The standard InChI is InChI=1S/C22H30N4O2/c1-4-26-17(3)20(16(2)23-26)13-15-25-14-5-6-21(25)19-10-7-18(8-11-19)9-12-22(27)24-28/h7-12,21,28H,4-6,13-15H2,1-3H3,(H,24,27). The van der Waals surface area contributed by atoms with Gasteiger partial charge in [-0.15, -0.1) is 0 Å². The van der Waals surface area contributed by atoms with E-state index in [-0.39, 0.29) is 0 Å². The molecule has 150 valence electrons. The number of benzene rings is 1. The Hall–Kier alpha value is -2.44. The summed E-state index contributed by atoms with van der Waals surface area (Å²) < 4.78 is 2.09. The van der Waals surface area contributed by atoms with Gasteiger partial charge in [0.25, 0.3) is 5.91 Å². The van der Waals surface area contributed by atoms with E-state index < -0.39 is 5.91 Å². The van der Waals surface area contributed by atoms with E-state index in [4.69, 9.17) is 5.21 Å². The normalized spacial score (nSPS) is 17.5. The molecule has 1 fully saturated rings. The number of hydroxylamine groups is 1. The molecule has 0 saturated carbocycles. The number of likely N-dealkylation sites (tertiary alicyclic amines) is 1. The fourth-order valence-corrected chi connectivity index (χ4v) is 4.17. The lowest BCUT2D eigenvalue weighted by atomic mass is 10.0. The number of aryl methyl sites for hydroxylation is 2. The molecule has 0 bridgehead atoms. The molecule has 1 saturated heterocycles. The molecule has 0 spiro atoms. The van der Waals surface area contributed by atoms with Crippen LogP contribution >= 0.6 is 0 Å². The van der Waals surface area contributed by atoms with Crippen molar-refractivity contribution >= 4 is 12.0 Å². The van der Waals surface area contributed by atoms with Crippen LogP contribution < -0.4 is 5.48 Å². The summed E-state index contributed by atoms with van der Waals surface area (Å²) in [4.78, 5) is 13.7. The molecule has 2 heterocycles. The second kappa shape index (κ2) is 9.17. The van der Waals surface area contributed by atoms with Crippen molar-refractivity contribution in [3.05, 3.63) is 58.4 Å². The van der Waals surface area contributed by atoms with E-state index >= 15 is 0 Å². The Morgan fingerprint density at radius 2 is 2.07 bits per heavy atom. The van der Waals surface area contributed by atoms with E-state index in [1.54, 1.807) is 11.6 Å². The SMILES string of the molecule is CCn1nc(C)c(CCN2CCCC2c2ccc(C=CC(=O)NO)cc2)c1C. The fourth-order valence-electron chi connectivity index (χ4n) is 4.17. The first-order valence-corrected chi connectivity index (χ1v) is 10.0. The minimum absolute atomic E-state index is 0.445. The average molecular weight is 383 g/mol. The van der Waals surface area contributed by atoms with Gasteiger partial charge in [0.05, 0.1) is 5.69 Å². The van der Waals surface area contributed by atoms with Crippen molar-refractivity contribution in [2.75, 3.05) is 13.1 Å². The Bertz CT molecular complexity index is 839. The molecule has 1 aromatic carbocycles. The Morgan fingerprint density at radius 1 is 1.32 bits per heavy atom. The van der Waals surface area contributed by atoms with Crippen LogP contribution in [0.5, 0.6) is 0 Å². The zero-order chi connectivity index (χ0) is 20.1. The lowest BCUT2D eigenvalue weighted by molar-refractivity contribution is -0.124. The average Bonchev–Trinajstić information content (AvgIpc) is 3.29. The van der Waals surface area contributed by atoms with Gasteiger partial charge in [-0.2, -0.15) is 5.10 Å². The summed E-state index contributed by atoms with van der Waals surface area (Å²) in [5.41, 5.74) is 7.68. The topological polar surface area (TPSA) is 70.4 Å². The molecule has 2 N–H and O–H groups in total. The highest BCUT2D eigenvalue weighted by atomic mass is 16.5. The molecule has 1 atom stereocenters. The highest BCUT2D eigenvalue weighted by Gasteiger charge is 2.26. The van der Waals surface area contributed by atoms with E-state index in [9.17, 15) is 4.79 Å². The number of carbonyl (C=O) groups excluding carboxylic acids is 1. The zero-order valence-corrected chi connectivity index (χ0v) is 17.0. The highest BCUT2D eigenvalue weighted by Crippen LogP contribution is 2.32. The molecule has 1 aliphatic rings. The minimum atomic E-state index is -0.525. The van der Waals surface area contributed by atoms with Crippen LogP contribution in [-0.2, 0) is 17.8 Å². The number of nitrogens with one attached hydrogen (secondary N) is 1. The molecule has 1 unspecified atom stereocenters. The van der Waals surface area contributed by atoms with Gasteiger partial charge in [0.2, 0.25) is 0 Å². The summed E-state index contributed by atoms with van der Waals surface area (Å²) in [5, 5.41) is 13.2. The first-order valence-electron chi connectivity index (χ1n) is 10.0. The molecule has 0 aliphatic carbocycles. The third-order valence-corrected chi connectivity index (χ3v) is 5.70. The van der Waals surface area contributed by atoms with Crippen LogP contribution in [0.25, 0.3) is 6.08 Å². The van der Waals surface area contributed by atoms with Gasteiger partial charge < -0.3 is 0 Å². The molecule has 0 radical (unpaired) electrons. The summed E-state index contributed by atoms with van der Waals surface area (Å²) in [5.74, 6) is -0.525. The molecular formula is C22H30N4O2. The molecule has 6 nitrogen and oxygen atoms in total. The van der Waals surface area contributed by atoms with Crippen LogP contribution in [-0.4, -0.2) is 38.9 Å². The number of amides is 1. The van der Waals surface area contributed by atoms with Crippen LogP contribution in [0.15, 0.2) is 30.3 Å². The van der Waals surface area contributed by atoms with Crippen molar-refractivity contribution in [2.45, 2.75) is 52.6 Å². The van der Waals surface area contributed by atoms with Gasteiger partial charge in [0.15, 0.2) is 0 Å². The van der Waals surface area contributed by atoms with Crippen molar-refractivity contribution in [3.8, 4) is 0 Å². The third kappa shape index (κ3) is 4.51. The molecule has 3 rings (SSSR count). The third-order valence-electron chi connectivity index (χ3n) is 5.70. The Morgan fingerprint density at radius 3 is 2.71 bits per heavy atom. The van der Waals surface area contributed by atoms with Crippen molar-refractivity contribution in [1.82, 2.24) is 20.2 Å². The van der Waals surface area contributed by atoms with Crippen LogP contribution in [0.4, 0.5) is 0 Å². The minimum Gasteiger partial charge on any atom is -0.296 e. The van der Waals surface area contributed by atoms with E-state index in [0.717, 1.165) is 37.3 Å². The summed E-state index contributed by atoms with van der Waals surface area (Å²) in [7, 11) is 0. The molecule has 2 aromatic rings. The maximum atomic E-state index is 11.1. The first kappa shape index (κ1) is 20.3. The molecule has 6 heteroatoms. The van der Waals surface area contributed by atoms with Gasteiger partial charge in [0.1, 0.15) is 0 Å². The van der Waals surface area contributed by atoms with Gasteiger partial charge in [-0.3, -0.25) is 19.6 Å². The Labute approximate surface area is 166 Å². The number of nitrogens with zero attached hydrogens (tertiary/aromatic N) is 3. The first-order chi connectivity index (χ1) is 13.5. The number of rotatable bonds is 7. The van der Waals surface area contributed by atoms with E-state index in [1.807, 2.05) is 12.1 Å². The monoisotopic (exact) mass is 382 g/mol. The lowest BCUT2D eigenvalue weighted by Gasteiger charge is -2.25. The Balaban J connectivity index is 1.65. The van der Waals surface area contributed by atoms with Crippen molar-refractivity contribution in [3.63, 3.8) is 0 Å². The maximum absolute atomic E-state index is 11.1. The van der Waals surface area contributed by atoms with E-state index in [0.29, 0.717) is 6.04 Å². The van der Waals surface area contributed by atoms with Gasteiger partial charge >= 0.3 is 0 Å². The number of hydrogen-bond donors (Lipinski definition) is 2. The Kier molecular flexibility index (Phi) is 6.65. The van der Waals surface area contributed by atoms with Gasteiger partial charge in [-0.1, -0.05) is 24.3 Å². The summed E-state index contributed by atoms with van der Waals surface area (Å²) in [6, 6.07) is 8.77. The molecule has 1 aromatic heterocycles. The lowest BCUT2D eigenvalue weighted by Crippen LogP contribution is -2.26. The van der Waals surface area contributed by atoms with Crippen molar-refractivity contribution < 1.29 is 10.0 Å². The molecule has 28 heavy (non-hydrogen) atoms. The largest absolute Gasteiger partial charge is 0.296 e. The van der Waals surface area contributed by atoms with Gasteiger partial charge in [0, 0.05) is 30.9 Å². The maximum Gasteiger partial charge on any atom is 0.267 e. The summed E-state index contributed by atoms with van der Waals surface area (Å²) in [6.07, 6.45) is 6.44. The van der Waals surface area contributed by atoms with Crippen molar-refractivity contribution in [2.24, 2.45) is 0 Å². The highest BCUT2D eigenvalue weighted by molar-refractivity contribution is 5.90. The molecule has 1 amide bonds. The number of hydrogen-bond acceptors (Lipinski definition) is 4. The van der Waals surface area contributed by atoms with E-state index in [2.05, 4.69) is 47.6 Å².